The molecule has 0 aliphatic carbocycles. The highest BCUT2D eigenvalue weighted by molar-refractivity contribution is 6.68. The van der Waals surface area contributed by atoms with Gasteiger partial charge in [0.15, 0.2) is 0 Å². The molecule has 0 unspecified atom stereocenters. The van der Waals surface area contributed by atoms with Gasteiger partial charge in [-0.3, -0.25) is 9.48 Å². The number of hydrogen-bond acceptors (Lipinski definition) is 2. The summed E-state index contributed by atoms with van der Waals surface area (Å²) in [5.74, 6) is 0. The third kappa shape index (κ3) is 1.37. The molecule has 0 saturated heterocycles. The van der Waals surface area contributed by atoms with Gasteiger partial charge in [0.2, 0.25) is 0 Å². The van der Waals surface area contributed by atoms with Gasteiger partial charge in [0.05, 0.1) is 11.3 Å². The summed E-state index contributed by atoms with van der Waals surface area (Å²) in [7, 11) is 0. The van der Waals surface area contributed by atoms with Gasteiger partial charge in [0.1, 0.15) is 0 Å². The standard InChI is InChI=1S/C8H11ClN2O/c1-4-11-6(3)7(8(9)12)5(2)10-11/h4H2,1-3H3. The molecule has 0 saturated carbocycles. The SMILES string of the molecule is CCn1nc(C)c(C(=O)Cl)c1C. The van der Waals surface area contributed by atoms with Crippen molar-refractivity contribution in [3.63, 3.8) is 0 Å². The molecule has 1 aromatic heterocycles. The zero-order valence-electron chi connectivity index (χ0n) is 7.39. The molecule has 0 N–H and O–H groups in total. The summed E-state index contributed by atoms with van der Waals surface area (Å²) in [6.07, 6.45) is 0. The largest absolute Gasteiger partial charge is 0.275 e. The molecule has 1 aromatic rings. The third-order valence-corrected chi connectivity index (χ3v) is 2.07. The van der Waals surface area contributed by atoms with Gasteiger partial charge in [-0.1, -0.05) is 0 Å². The molecule has 0 aliphatic heterocycles. The van der Waals surface area contributed by atoms with Crippen molar-refractivity contribution in [2.45, 2.75) is 27.3 Å². The summed E-state index contributed by atoms with van der Waals surface area (Å²) in [4.78, 5) is 10.9. The van der Waals surface area contributed by atoms with E-state index in [4.69, 9.17) is 11.6 Å². The predicted molar refractivity (Wildman–Crippen MR) is 47.6 cm³/mol. The molecule has 0 fully saturated rings. The van der Waals surface area contributed by atoms with Crippen LogP contribution in [0.2, 0.25) is 0 Å². The zero-order chi connectivity index (χ0) is 9.30. The van der Waals surface area contributed by atoms with Crippen LogP contribution in [0.15, 0.2) is 0 Å². The van der Waals surface area contributed by atoms with Crippen molar-refractivity contribution in [1.29, 1.82) is 0 Å². The monoisotopic (exact) mass is 186 g/mol. The Kier molecular flexibility index (Phi) is 2.52. The van der Waals surface area contributed by atoms with Crippen molar-refractivity contribution in [2.75, 3.05) is 0 Å². The van der Waals surface area contributed by atoms with Crippen LogP contribution in [0.25, 0.3) is 0 Å². The van der Waals surface area contributed by atoms with Gasteiger partial charge in [-0.25, -0.2) is 0 Å². The van der Waals surface area contributed by atoms with Crippen LogP contribution in [0.1, 0.15) is 28.7 Å². The predicted octanol–water partition coefficient (Wildman–Crippen LogP) is 1.90. The fourth-order valence-electron chi connectivity index (χ4n) is 1.29. The van der Waals surface area contributed by atoms with Crippen molar-refractivity contribution >= 4 is 16.8 Å². The van der Waals surface area contributed by atoms with Crippen LogP contribution in [0.4, 0.5) is 0 Å². The average molecular weight is 187 g/mol. The number of rotatable bonds is 2. The number of carbonyl (C=O) groups excluding carboxylic acids is 1. The maximum Gasteiger partial charge on any atom is 0.256 e. The number of halogens is 1. The van der Waals surface area contributed by atoms with Crippen molar-refractivity contribution in [3.05, 3.63) is 17.0 Å². The second-order valence-corrected chi connectivity index (χ2v) is 2.98. The molecule has 0 radical (unpaired) electrons. The number of aromatic nitrogens is 2. The van der Waals surface area contributed by atoms with Gasteiger partial charge >= 0.3 is 0 Å². The summed E-state index contributed by atoms with van der Waals surface area (Å²) in [6, 6.07) is 0. The van der Waals surface area contributed by atoms with Crippen molar-refractivity contribution in [2.24, 2.45) is 0 Å². The fraction of sp³-hybridized carbons (Fsp3) is 0.500. The van der Waals surface area contributed by atoms with Crippen LogP contribution >= 0.6 is 11.6 Å². The van der Waals surface area contributed by atoms with Crippen LogP contribution in [-0.2, 0) is 6.54 Å². The van der Waals surface area contributed by atoms with Crippen LogP contribution in [-0.4, -0.2) is 15.0 Å². The number of hydrogen-bond donors (Lipinski definition) is 0. The second kappa shape index (κ2) is 3.27. The molecule has 0 bridgehead atoms. The van der Waals surface area contributed by atoms with Gasteiger partial charge in [-0.15, -0.1) is 0 Å². The van der Waals surface area contributed by atoms with Crippen LogP contribution in [0.3, 0.4) is 0 Å². The first-order chi connectivity index (χ1) is 5.57. The lowest BCUT2D eigenvalue weighted by Gasteiger charge is -1.97. The third-order valence-electron chi connectivity index (χ3n) is 1.88. The Morgan fingerprint density at radius 1 is 1.58 bits per heavy atom. The van der Waals surface area contributed by atoms with Crippen molar-refractivity contribution in [1.82, 2.24) is 9.78 Å². The van der Waals surface area contributed by atoms with E-state index in [1.54, 1.807) is 11.6 Å². The minimum absolute atomic E-state index is 0.426. The minimum Gasteiger partial charge on any atom is -0.275 e. The van der Waals surface area contributed by atoms with Crippen molar-refractivity contribution < 1.29 is 4.79 Å². The Bertz CT molecular complexity index is 317. The molecule has 66 valence electrons. The number of aryl methyl sites for hydroxylation is 2. The van der Waals surface area contributed by atoms with E-state index in [0.29, 0.717) is 11.3 Å². The molecule has 0 aliphatic rings. The molecule has 3 nitrogen and oxygen atoms in total. The van der Waals surface area contributed by atoms with E-state index >= 15 is 0 Å². The van der Waals surface area contributed by atoms with Crippen LogP contribution in [0.5, 0.6) is 0 Å². The summed E-state index contributed by atoms with van der Waals surface area (Å²) in [6.45, 7) is 6.37. The topological polar surface area (TPSA) is 34.9 Å². The molecular formula is C8H11ClN2O. The van der Waals surface area contributed by atoms with Crippen LogP contribution < -0.4 is 0 Å². The van der Waals surface area contributed by atoms with Gasteiger partial charge in [-0.05, 0) is 32.4 Å². The number of carbonyl (C=O) groups is 1. The summed E-state index contributed by atoms with van der Waals surface area (Å²) in [5.41, 5.74) is 2.09. The summed E-state index contributed by atoms with van der Waals surface area (Å²) >= 11 is 5.39. The smallest absolute Gasteiger partial charge is 0.256 e. The summed E-state index contributed by atoms with van der Waals surface area (Å²) in [5, 5.41) is 3.74. The maximum absolute atomic E-state index is 10.9. The molecule has 1 rings (SSSR count). The highest BCUT2D eigenvalue weighted by Gasteiger charge is 2.15. The molecule has 0 amide bonds. The first-order valence-electron chi connectivity index (χ1n) is 3.81. The molecule has 1 heterocycles. The first-order valence-corrected chi connectivity index (χ1v) is 4.19. The van der Waals surface area contributed by atoms with E-state index in [0.717, 1.165) is 12.2 Å². The van der Waals surface area contributed by atoms with Crippen molar-refractivity contribution in [3.8, 4) is 0 Å². The second-order valence-electron chi connectivity index (χ2n) is 2.64. The highest BCUT2D eigenvalue weighted by atomic mass is 35.5. The molecule has 0 atom stereocenters. The maximum atomic E-state index is 10.9. The quantitative estimate of drug-likeness (QED) is 0.662. The molecular weight excluding hydrogens is 176 g/mol. The normalized spacial score (nSPS) is 10.3. The van der Waals surface area contributed by atoms with E-state index in [1.807, 2.05) is 13.8 Å². The van der Waals surface area contributed by atoms with E-state index in [9.17, 15) is 4.79 Å². The zero-order valence-corrected chi connectivity index (χ0v) is 8.14. The Morgan fingerprint density at radius 3 is 2.42 bits per heavy atom. The number of nitrogens with zero attached hydrogens (tertiary/aromatic N) is 2. The fourth-order valence-corrected chi connectivity index (χ4v) is 1.56. The molecule has 0 spiro atoms. The van der Waals surface area contributed by atoms with Gasteiger partial charge in [0.25, 0.3) is 5.24 Å². The molecule has 0 aromatic carbocycles. The Balaban J connectivity index is 3.28. The lowest BCUT2D eigenvalue weighted by molar-refractivity contribution is 0.108. The Labute approximate surface area is 76.3 Å². The van der Waals surface area contributed by atoms with Gasteiger partial charge in [-0.2, -0.15) is 5.10 Å². The minimum atomic E-state index is -0.426. The lowest BCUT2D eigenvalue weighted by Crippen LogP contribution is -2.00. The van der Waals surface area contributed by atoms with E-state index in [-0.39, 0.29) is 0 Å². The first kappa shape index (κ1) is 9.26. The average Bonchev–Trinajstić information content (AvgIpc) is 2.25. The van der Waals surface area contributed by atoms with E-state index < -0.39 is 5.24 Å². The van der Waals surface area contributed by atoms with Gasteiger partial charge in [0, 0.05) is 12.2 Å². The lowest BCUT2D eigenvalue weighted by atomic mass is 10.2. The van der Waals surface area contributed by atoms with Crippen LogP contribution in [0, 0.1) is 13.8 Å². The van der Waals surface area contributed by atoms with Gasteiger partial charge < -0.3 is 0 Å². The molecule has 4 heteroatoms. The molecule has 12 heavy (non-hydrogen) atoms. The highest BCUT2D eigenvalue weighted by Crippen LogP contribution is 2.14. The Hall–Kier alpha value is -0.830. The summed E-state index contributed by atoms with van der Waals surface area (Å²) < 4.78 is 1.77. The van der Waals surface area contributed by atoms with E-state index in [1.165, 1.54) is 0 Å². The van der Waals surface area contributed by atoms with E-state index in [2.05, 4.69) is 5.10 Å². The Morgan fingerprint density at radius 2 is 2.17 bits per heavy atom.